The van der Waals surface area contributed by atoms with Crippen molar-refractivity contribution in [2.24, 2.45) is 0 Å². The molecule has 0 aromatic carbocycles. The van der Waals surface area contributed by atoms with Crippen molar-refractivity contribution in [2.75, 3.05) is 6.54 Å². The Labute approximate surface area is 80.4 Å². The third-order valence-corrected chi connectivity index (χ3v) is 1.76. The number of nitrogens with one attached hydrogen (secondary N) is 1. The first-order valence-corrected chi connectivity index (χ1v) is 4.89. The van der Waals surface area contributed by atoms with Gasteiger partial charge in [0.1, 0.15) is 4.32 Å². The van der Waals surface area contributed by atoms with Gasteiger partial charge in [-0.1, -0.05) is 44.8 Å². The minimum Gasteiger partial charge on any atom is -0.371 e. The van der Waals surface area contributed by atoms with Crippen molar-refractivity contribution < 1.29 is 0 Å². The molecule has 1 nitrogen and oxygen atoms in total. The molecule has 0 fully saturated rings. The van der Waals surface area contributed by atoms with Gasteiger partial charge < -0.3 is 5.32 Å². The van der Waals surface area contributed by atoms with Crippen LogP contribution in [0.5, 0.6) is 0 Å². The molecule has 1 radical (unpaired) electrons. The number of thiocarbonyl (C=S) groups is 1. The lowest BCUT2D eigenvalue weighted by atomic mass is 10.1. The zero-order valence-corrected chi connectivity index (χ0v) is 8.52. The summed E-state index contributed by atoms with van der Waals surface area (Å²) < 4.78 is 0.599. The monoisotopic (exact) mass is 190 g/mol. The second-order valence-electron chi connectivity index (χ2n) is 2.50. The molecule has 3 heteroatoms. The van der Waals surface area contributed by atoms with E-state index in [4.69, 9.17) is 12.2 Å². The number of hydrogen-bond donors (Lipinski definition) is 2. The van der Waals surface area contributed by atoms with E-state index in [0.717, 1.165) is 13.0 Å². The van der Waals surface area contributed by atoms with Gasteiger partial charge in [-0.15, -0.1) is 12.6 Å². The molecular formula is C8H16NS2. The summed E-state index contributed by atoms with van der Waals surface area (Å²) in [6, 6.07) is 0. The van der Waals surface area contributed by atoms with Gasteiger partial charge in [0.15, 0.2) is 0 Å². The molecule has 0 aromatic heterocycles. The highest BCUT2D eigenvalue weighted by molar-refractivity contribution is 8.11. The van der Waals surface area contributed by atoms with Crippen LogP contribution in [-0.4, -0.2) is 10.9 Å². The first kappa shape index (κ1) is 11.2. The maximum absolute atomic E-state index is 4.74. The Morgan fingerprint density at radius 2 is 1.91 bits per heavy atom. The maximum atomic E-state index is 4.74. The quantitative estimate of drug-likeness (QED) is 0.379. The van der Waals surface area contributed by atoms with Gasteiger partial charge in [-0.05, 0) is 6.42 Å². The van der Waals surface area contributed by atoms with Gasteiger partial charge in [-0.25, -0.2) is 0 Å². The van der Waals surface area contributed by atoms with E-state index in [1.807, 2.05) is 0 Å². The van der Waals surface area contributed by atoms with Crippen LogP contribution in [0, 0.1) is 6.92 Å². The summed E-state index contributed by atoms with van der Waals surface area (Å²) in [7, 11) is 0. The second kappa shape index (κ2) is 8.34. The molecule has 0 saturated carbocycles. The molecule has 0 aromatic rings. The molecule has 0 bridgehead atoms. The van der Waals surface area contributed by atoms with Crippen molar-refractivity contribution in [3.63, 3.8) is 0 Å². The molecular weight excluding hydrogens is 174 g/mol. The number of rotatable bonds is 6. The van der Waals surface area contributed by atoms with Gasteiger partial charge in [-0.2, -0.15) is 0 Å². The largest absolute Gasteiger partial charge is 0.371 e. The van der Waals surface area contributed by atoms with Crippen molar-refractivity contribution in [3.8, 4) is 0 Å². The van der Waals surface area contributed by atoms with Crippen LogP contribution in [0.1, 0.15) is 32.1 Å². The van der Waals surface area contributed by atoms with E-state index in [0.29, 0.717) is 4.32 Å². The van der Waals surface area contributed by atoms with Crippen LogP contribution in [0.15, 0.2) is 0 Å². The topological polar surface area (TPSA) is 12.0 Å². The molecule has 65 valence electrons. The SMILES string of the molecule is [CH2]CCCCCCNC(=S)S. The van der Waals surface area contributed by atoms with E-state index < -0.39 is 0 Å². The molecule has 0 aliphatic heterocycles. The summed E-state index contributed by atoms with van der Waals surface area (Å²) >= 11 is 8.69. The molecule has 0 rings (SSSR count). The summed E-state index contributed by atoms with van der Waals surface area (Å²) in [6.07, 6.45) is 6.02. The normalized spacial score (nSPS) is 9.64. The van der Waals surface area contributed by atoms with Crippen LogP contribution in [0.4, 0.5) is 0 Å². The highest BCUT2D eigenvalue weighted by Gasteiger charge is 1.89. The van der Waals surface area contributed by atoms with Crippen molar-refractivity contribution in [1.29, 1.82) is 0 Å². The number of hydrogen-bond acceptors (Lipinski definition) is 1. The summed E-state index contributed by atoms with van der Waals surface area (Å²) in [5.74, 6) is 0. The van der Waals surface area contributed by atoms with Crippen LogP contribution < -0.4 is 5.32 Å². The Kier molecular flexibility index (Phi) is 8.52. The zero-order chi connectivity index (χ0) is 8.53. The molecule has 1 N–H and O–H groups in total. The summed E-state index contributed by atoms with van der Waals surface area (Å²) in [6.45, 7) is 4.74. The molecule has 0 aliphatic rings. The number of unbranched alkanes of at least 4 members (excludes halogenated alkanes) is 4. The molecule has 0 spiro atoms. The van der Waals surface area contributed by atoms with Gasteiger partial charge in [0.2, 0.25) is 0 Å². The zero-order valence-electron chi connectivity index (χ0n) is 6.81. The predicted molar refractivity (Wildman–Crippen MR) is 58.0 cm³/mol. The highest BCUT2D eigenvalue weighted by Crippen LogP contribution is 2.00. The minimum atomic E-state index is 0.599. The molecule has 0 heterocycles. The fourth-order valence-electron chi connectivity index (χ4n) is 0.851. The Morgan fingerprint density at radius 1 is 1.27 bits per heavy atom. The van der Waals surface area contributed by atoms with Gasteiger partial charge in [-0.3, -0.25) is 0 Å². The Hall–Kier alpha value is 0.240. The number of thiol groups is 1. The first-order chi connectivity index (χ1) is 5.27. The van der Waals surface area contributed by atoms with E-state index in [1.54, 1.807) is 0 Å². The average molecular weight is 190 g/mol. The summed E-state index contributed by atoms with van der Waals surface area (Å²) in [4.78, 5) is 0. The van der Waals surface area contributed by atoms with Crippen molar-refractivity contribution in [3.05, 3.63) is 6.92 Å². The van der Waals surface area contributed by atoms with E-state index in [1.165, 1.54) is 25.7 Å². The standard InChI is InChI=1S/C8H16NS2/c1-2-3-4-5-6-7-9-8(10)11/h1-7H2,(H2,9,10,11). The fraction of sp³-hybridized carbons (Fsp3) is 0.750. The van der Waals surface area contributed by atoms with Crippen molar-refractivity contribution in [1.82, 2.24) is 5.32 Å². The Balaban J connectivity index is 2.85. The van der Waals surface area contributed by atoms with Crippen LogP contribution in [0.2, 0.25) is 0 Å². The third-order valence-electron chi connectivity index (χ3n) is 1.45. The molecule has 0 unspecified atom stereocenters. The van der Waals surface area contributed by atoms with E-state index in [-0.39, 0.29) is 0 Å². The summed E-state index contributed by atoms with van der Waals surface area (Å²) in [5, 5.41) is 3.00. The third kappa shape index (κ3) is 10.2. The molecule has 0 saturated heterocycles. The van der Waals surface area contributed by atoms with Crippen LogP contribution in [-0.2, 0) is 0 Å². The summed E-state index contributed by atoms with van der Waals surface area (Å²) in [5.41, 5.74) is 0. The molecule has 0 atom stereocenters. The predicted octanol–water partition coefficient (Wildman–Crippen LogP) is 2.58. The van der Waals surface area contributed by atoms with Gasteiger partial charge >= 0.3 is 0 Å². The maximum Gasteiger partial charge on any atom is 0.130 e. The van der Waals surface area contributed by atoms with Gasteiger partial charge in [0, 0.05) is 6.54 Å². The van der Waals surface area contributed by atoms with Crippen molar-refractivity contribution in [2.45, 2.75) is 32.1 Å². The van der Waals surface area contributed by atoms with E-state index in [2.05, 4.69) is 24.9 Å². The second-order valence-corrected chi connectivity index (χ2v) is 3.66. The lowest BCUT2D eigenvalue weighted by molar-refractivity contribution is 0.638. The molecule has 0 aliphatic carbocycles. The fourth-order valence-corrected chi connectivity index (χ4v) is 1.06. The van der Waals surface area contributed by atoms with Crippen LogP contribution in [0.25, 0.3) is 0 Å². The van der Waals surface area contributed by atoms with Crippen molar-refractivity contribution >= 4 is 29.2 Å². The minimum absolute atomic E-state index is 0.599. The van der Waals surface area contributed by atoms with E-state index in [9.17, 15) is 0 Å². The molecule has 11 heavy (non-hydrogen) atoms. The Morgan fingerprint density at radius 3 is 2.45 bits per heavy atom. The van der Waals surface area contributed by atoms with Crippen LogP contribution >= 0.6 is 24.8 Å². The van der Waals surface area contributed by atoms with Gasteiger partial charge in [0.05, 0.1) is 0 Å². The van der Waals surface area contributed by atoms with E-state index >= 15 is 0 Å². The highest BCUT2D eigenvalue weighted by atomic mass is 32.1. The molecule has 0 amide bonds. The first-order valence-electron chi connectivity index (χ1n) is 4.03. The lowest BCUT2D eigenvalue weighted by Crippen LogP contribution is -2.17. The Bertz CT molecular complexity index is 104. The lowest BCUT2D eigenvalue weighted by Gasteiger charge is -2.01. The average Bonchev–Trinajstić information content (AvgIpc) is 1.96. The van der Waals surface area contributed by atoms with Gasteiger partial charge in [0.25, 0.3) is 0 Å². The van der Waals surface area contributed by atoms with Crippen LogP contribution in [0.3, 0.4) is 0 Å². The smallest absolute Gasteiger partial charge is 0.130 e.